The molecule has 1 atom stereocenters. The quantitative estimate of drug-likeness (QED) is 0.235. The molecular formula is C34H34N2O6S. The maximum absolute atomic E-state index is 14.1. The summed E-state index contributed by atoms with van der Waals surface area (Å²) >= 11 is 1.27. The van der Waals surface area contributed by atoms with E-state index in [4.69, 9.17) is 23.9 Å². The maximum atomic E-state index is 14.1. The number of aromatic nitrogens is 1. The van der Waals surface area contributed by atoms with Gasteiger partial charge in [-0.05, 0) is 69.2 Å². The molecule has 0 saturated carbocycles. The van der Waals surface area contributed by atoms with Crippen LogP contribution in [0.4, 0.5) is 0 Å². The lowest BCUT2D eigenvalue weighted by Gasteiger charge is -2.26. The Hall–Kier alpha value is -4.63. The molecule has 0 fully saturated rings. The molecule has 0 aliphatic carbocycles. The zero-order valence-corrected chi connectivity index (χ0v) is 25.6. The van der Waals surface area contributed by atoms with Crippen molar-refractivity contribution in [2.75, 3.05) is 20.3 Å². The monoisotopic (exact) mass is 598 g/mol. The zero-order valence-electron chi connectivity index (χ0n) is 24.8. The first-order valence-corrected chi connectivity index (χ1v) is 15.0. The van der Waals surface area contributed by atoms with Crippen LogP contribution in [0.3, 0.4) is 0 Å². The molecule has 4 aromatic rings. The third kappa shape index (κ3) is 6.27. The molecule has 0 unspecified atom stereocenters. The maximum Gasteiger partial charge on any atom is 0.338 e. The van der Waals surface area contributed by atoms with Gasteiger partial charge in [-0.2, -0.15) is 0 Å². The van der Waals surface area contributed by atoms with Crippen molar-refractivity contribution in [1.29, 1.82) is 0 Å². The average molecular weight is 599 g/mol. The highest BCUT2D eigenvalue weighted by atomic mass is 32.1. The number of benzene rings is 3. The molecule has 0 radical (unpaired) electrons. The van der Waals surface area contributed by atoms with Crippen LogP contribution >= 0.6 is 11.3 Å². The number of esters is 1. The molecule has 0 N–H and O–H groups in total. The van der Waals surface area contributed by atoms with Gasteiger partial charge in [0.25, 0.3) is 5.56 Å². The predicted octanol–water partition coefficient (Wildman–Crippen LogP) is 5.13. The summed E-state index contributed by atoms with van der Waals surface area (Å²) in [7, 11) is 1.59. The molecule has 1 aromatic heterocycles. The molecule has 3 aromatic carbocycles. The number of rotatable bonds is 10. The van der Waals surface area contributed by atoms with E-state index >= 15 is 0 Å². The van der Waals surface area contributed by atoms with Gasteiger partial charge in [0.2, 0.25) is 0 Å². The number of ether oxygens (including phenoxy) is 4. The first-order chi connectivity index (χ1) is 20.8. The molecule has 5 rings (SSSR count). The van der Waals surface area contributed by atoms with Crippen LogP contribution in [0.5, 0.6) is 17.2 Å². The van der Waals surface area contributed by atoms with Crippen molar-refractivity contribution in [3.8, 4) is 17.2 Å². The van der Waals surface area contributed by atoms with Gasteiger partial charge in [0.15, 0.2) is 16.3 Å². The smallest absolute Gasteiger partial charge is 0.338 e. The fourth-order valence-corrected chi connectivity index (χ4v) is 5.93. The van der Waals surface area contributed by atoms with Crippen LogP contribution in [0.15, 0.2) is 88.2 Å². The van der Waals surface area contributed by atoms with E-state index in [9.17, 15) is 9.59 Å². The Morgan fingerprint density at radius 3 is 2.40 bits per heavy atom. The third-order valence-electron chi connectivity index (χ3n) is 6.73. The van der Waals surface area contributed by atoms with Crippen LogP contribution in [0.25, 0.3) is 11.8 Å². The van der Waals surface area contributed by atoms with Gasteiger partial charge >= 0.3 is 5.97 Å². The van der Waals surface area contributed by atoms with Crippen molar-refractivity contribution in [3.63, 3.8) is 0 Å². The van der Waals surface area contributed by atoms with Gasteiger partial charge in [-0.15, -0.1) is 0 Å². The summed E-state index contributed by atoms with van der Waals surface area (Å²) in [5.74, 6) is 1.38. The largest absolute Gasteiger partial charge is 0.497 e. The normalized spacial score (nSPS) is 14.7. The predicted molar refractivity (Wildman–Crippen MR) is 167 cm³/mol. The van der Waals surface area contributed by atoms with E-state index in [-0.39, 0.29) is 18.3 Å². The van der Waals surface area contributed by atoms with E-state index < -0.39 is 12.0 Å². The summed E-state index contributed by atoms with van der Waals surface area (Å²) in [4.78, 5) is 33.1. The standard InChI is InChI=1S/C34H34N2O6S/c1-6-40-27-19-22(13-18-26(27)42-21(3)4)20-28-32(37)36-31(24-14-16-25(39-5)17-15-24)29(33(38)41-7-2)30(35-34(36)43-28)23-11-9-8-10-12-23/h8-21,31H,6-7H2,1-5H3/b28-20-/t31-/m0/s1. The van der Waals surface area contributed by atoms with E-state index in [1.807, 2.05) is 99.6 Å². The third-order valence-corrected chi connectivity index (χ3v) is 7.72. The highest BCUT2D eigenvalue weighted by Crippen LogP contribution is 2.36. The second-order valence-electron chi connectivity index (χ2n) is 10.0. The first kappa shape index (κ1) is 29.8. The molecule has 0 saturated heterocycles. The zero-order chi connectivity index (χ0) is 30.5. The van der Waals surface area contributed by atoms with Crippen LogP contribution in [0.2, 0.25) is 0 Å². The van der Waals surface area contributed by atoms with Crippen LogP contribution in [-0.4, -0.2) is 37.0 Å². The van der Waals surface area contributed by atoms with Gasteiger partial charge in [-0.25, -0.2) is 9.79 Å². The van der Waals surface area contributed by atoms with Crippen molar-refractivity contribution >= 4 is 29.1 Å². The molecular weight excluding hydrogens is 564 g/mol. The van der Waals surface area contributed by atoms with E-state index in [1.165, 1.54) is 11.3 Å². The summed E-state index contributed by atoms with van der Waals surface area (Å²) in [5, 5.41) is 0. The van der Waals surface area contributed by atoms with Gasteiger partial charge in [0.1, 0.15) is 5.75 Å². The molecule has 1 aliphatic heterocycles. The highest BCUT2D eigenvalue weighted by Gasteiger charge is 2.35. The topological polar surface area (TPSA) is 88.4 Å². The Morgan fingerprint density at radius 1 is 1.00 bits per heavy atom. The minimum atomic E-state index is -0.764. The highest BCUT2D eigenvalue weighted by molar-refractivity contribution is 7.07. The molecule has 0 bridgehead atoms. The minimum absolute atomic E-state index is 0.0147. The lowest BCUT2D eigenvalue weighted by molar-refractivity contribution is -0.138. The van der Waals surface area contributed by atoms with Gasteiger partial charge in [-0.3, -0.25) is 9.36 Å². The molecule has 0 spiro atoms. The van der Waals surface area contributed by atoms with Crippen molar-refractivity contribution in [2.24, 2.45) is 4.99 Å². The molecule has 43 heavy (non-hydrogen) atoms. The van der Waals surface area contributed by atoms with E-state index in [2.05, 4.69) is 0 Å². The number of carbonyl (C=O) groups excluding carboxylic acids is 1. The minimum Gasteiger partial charge on any atom is -0.497 e. The second-order valence-corrected chi connectivity index (χ2v) is 11.0. The van der Waals surface area contributed by atoms with E-state index in [0.717, 1.165) is 16.7 Å². The molecule has 8 nitrogen and oxygen atoms in total. The fourth-order valence-electron chi connectivity index (χ4n) is 4.93. The first-order valence-electron chi connectivity index (χ1n) is 14.2. The summed E-state index contributed by atoms with van der Waals surface area (Å²) in [6.07, 6.45) is 1.80. The number of methoxy groups -OCH3 is 1. The summed E-state index contributed by atoms with van der Waals surface area (Å²) in [5.41, 5.74) is 2.77. The number of nitrogens with zero attached hydrogens (tertiary/aromatic N) is 2. The SMILES string of the molecule is CCOC(=O)C1=C(c2ccccc2)N=c2s/c(=C\c3ccc(OC(C)C)c(OCC)c3)c(=O)n2[C@H]1c1ccc(OC)cc1. The van der Waals surface area contributed by atoms with Crippen molar-refractivity contribution < 1.29 is 23.7 Å². The van der Waals surface area contributed by atoms with E-state index in [0.29, 0.717) is 44.5 Å². The number of carbonyl (C=O) groups is 1. The van der Waals surface area contributed by atoms with Crippen molar-refractivity contribution in [1.82, 2.24) is 4.57 Å². The molecule has 2 heterocycles. The van der Waals surface area contributed by atoms with Crippen molar-refractivity contribution in [2.45, 2.75) is 39.8 Å². The van der Waals surface area contributed by atoms with Crippen molar-refractivity contribution in [3.05, 3.63) is 115 Å². The number of hydrogen-bond donors (Lipinski definition) is 0. The Bertz CT molecular complexity index is 1820. The van der Waals surface area contributed by atoms with Crippen LogP contribution in [-0.2, 0) is 9.53 Å². The van der Waals surface area contributed by atoms with Crippen LogP contribution in [0, 0.1) is 0 Å². The van der Waals surface area contributed by atoms with Crippen LogP contribution in [0.1, 0.15) is 50.4 Å². The molecule has 1 aliphatic rings. The molecule has 0 amide bonds. The summed E-state index contributed by atoms with van der Waals surface area (Å²) in [6.45, 7) is 8.24. The van der Waals surface area contributed by atoms with Gasteiger partial charge < -0.3 is 18.9 Å². The van der Waals surface area contributed by atoms with Gasteiger partial charge in [0, 0.05) is 5.56 Å². The van der Waals surface area contributed by atoms with Gasteiger partial charge in [-0.1, -0.05) is 59.9 Å². The second kappa shape index (κ2) is 13.1. The Kier molecular flexibility index (Phi) is 9.11. The van der Waals surface area contributed by atoms with E-state index in [1.54, 1.807) is 18.6 Å². The fraction of sp³-hybridized carbons (Fsp3) is 0.265. The molecule has 222 valence electrons. The van der Waals surface area contributed by atoms with Gasteiger partial charge in [0.05, 0.1) is 48.3 Å². The number of thiazole rings is 1. The summed E-state index contributed by atoms with van der Waals surface area (Å²) in [6, 6.07) is 21.6. The molecule has 9 heteroatoms. The number of hydrogen-bond acceptors (Lipinski definition) is 8. The Labute approximate surface area is 254 Å². The Balaban J connectivity index is 1.75. The Morgan fingerprint density at radius 2 is 1.74 bits per heavy atom. The van der Waals surface area contributed by atoms with Crippen LogP contribution < -0.4 is 29.1 Å². The summed E-state index contributed by atoms with van der Waals surface area (Å²) < 4.78 is 24.7. The lowest BCUT2D eigenvalue weighted by atomic mass is 9.93. The number of fused-ring (bicyclic) bond motifs is 1. The average Bonchev–Trinajstić information content (AvgIpc) is 3.32. The lowest BCUT2D eigenvalue weighted by Crippen LogP contribution is -2.40.